The smallest absolute Gasteiger partial charge is 0.312 e. The van der Waals surface area contributed by atoms with E-state index in [0.29, 0.717) is 12.8 Å². The SMILES string of the molecule is N#CC1(NC(=O)CNC(N)=O)CC1. The molecule has 1 rings (SSSR count). The average Bonchev–Trinajstić information content (AvgIpc) is 2.82. The number of carbonyl (C=O) groups excluding carboxylic acids is 2. The molecule has 6 nitrogen and oxygen atoms in total. The Morgan fingerprint density at radius 3 is 2.54 bits per heavy atom. The molecule has 0 radical (unpaired) electrons. The second-order valence-corrected chi connectivity index (χ2v) is 2.96. The number of nitrogens with zero attached hydrogens (tertiary/aromatic N) is 1. The maximum absolute atomic E-state index is 11.0. The third-order valence-electron chi connectivity index (χ3n) is 1.77. The van der Waals surface area contributed by atoms with Crippen molar-refractivity contribution >= 4 is 11.9 Å². The number of primary amides is 1. The van der Waals surface area contributed by atoms with Gasteiger partial charge in [0.05, 0.1) is 12.6 Å². The first kappa shape index (κ1) is 9.32. The summed E-state index contributed by atoms with van der Waals surface area (Å²) in [4.78, 5) is 21.3. The van der Waals surface area contributed by atoms with Crippen LogP contribution in [0.4, 0.5) is 4.79 Å². The molecule has 0 spiro atoms. The van der Waals surface area contributed by atoms with Crippen LogP contribution in [0.15, 0.2) is 0 Å². The minimum Gasteiger partial charge on any atom is -0.352 e. The van der Waals surface area contributed by atoms with Crippen LogP contribution >= 0.6 is 0 Å². The molecule has 6 heteroatoms. The van der Waals surface area contributed by atoms with E-state index < -0.39 is 17.5 Å². The molecule has 1 fully saturated rings. The molecule has 1 aliphatic carbocycles. The third-order valence-corrected chi connectivity index (χ3v) is 1.77. The zero-order chi connectivity index (χ0) is 9.90. The Hall–Kier alpha value is -1.77. The van der Waals surface area contributed by atoms with Gasteiger partial charge in [0, 0.05) is 0 Å². The number of hydrogen-bond acceptors (Lipinski definition) is 3. The molecule has 0 bridgehead atoms. The number of hydrogen-bond donors (Lipinski definition) is 3. The Balaban J connectivity index is 2.27. The van der Waals surface area contributed by atoms with Gasteiger partial charge in [-0.25, -0.2) is 4.79 Å². The second-order valence-electron chi connectivity index (χ2n) is 2.96. The Morgan fingerprint density at radius 2 is 2.15 bits per heavy atom. The molecule has 0 unspecified atom stereocenters. The van der Waals surface area contributed by atoms with Crippen molar-refractivity contribution in [2.75, 3.05) is 6.54 Å². The van der Waals surface area contributed by atoms with Crippen LogP contribution in [0.1, 0.15) is 12.8 Å². The zero-order valence-electron chi connectivity index (χ0n) is 6.96. The molecule has 4 N–H and O–H groups in total. The van der Waals surface area contributed by atoms with E-state index in [1.807, 2.05) is 6.07 Å². The van der Waals surface area contributed by atoms with Crippen molar-refractivity contribution in [1.82, 2.24) is 10.6 Å². The van der Waals surface area contributed by atoms with E-state index in [1.165, 1.54) is 0 Å². The lowest BCUT2D eigenvalue weighted by Crippen LogP contribution is -2.44. The molecule has 13 heavy (non-hydrogen) atoms. The summed E-state index contributed by atoms with van der Waals surface area (Å²) in [5.41, 5.74) is 4.07. The summed E-state index contributed by atoms with van der Waals surface area (Å²) in [6.45, 7) is -0.182. The number of nitriles is 1. The van der Waals surface area contributed by atoms with Crippen molar-refractivity contribution in [2.45, 2.75) is 18.4 Å². The third kappa shape index (κ3) is 2.63. The standard InChI is InChI=1S/C7H10N4O2/c8-4-7(1-2-7)11-5(12)3-10-6(9)13/h1-3H2,(H,11,12)(H3,9,10,13). The van der Waals surface area contributed by atoms with Crippen LogP contribution < -0.4 is 16.4 Å². The van der Waals surface area contributed by atoms with Crippen molar-refractivity contribution in [3.63, 3.8) is 0 Å². The molecule has 0 aliphatic heterocycles. The highest BCUT2D eigenvalue weighted by molar-refractivity contribution is 5.84. The van der Waals surface area contributed by atoms with Gasteiger partial charge in [-0.05, 0) is 12.8 Å². The average molecular weight is 182 g/mol. The Labute approximate surface area is 75.1 Å². The fraction of sp³-hybridized carbons (Fsp3) is 0.571. The van der Waals surface area contributed by atoms with Gasteiger partial charge < -0.3 is 16.4 Å². The normalized spacial score (nSPS) is 16.8. The second kappa shape index (κ2) is 3.31. The van der Waals surface area contributed by atoms with E-state index in [4.69, 9.17) is 11.0 Å². The molecular weight excluding hydrogens is 172 g/mol. The summed E-state index contributed by atoms with van der Waals surface area (Å²) in [6, 6.07) is 1.24. The highest BCUT2D eigenvalue weighted by atomic mass is 16.2. The first-order valence-corrected chi connectivity index (χ1v) is 3.83. The maximum Gasteiger partial charge on any atom is 0.312 e. The number of carbonyl (C=O) groups is 2. The van der Waals surface area contributed by atoms with Crippen molar-refractivity contribution < 1.29 is 9.59 Å². The van der Waals surface area contributed by atoms with Crippen LogP contribution in [-0.4, -0.2) is 24.0 Å². The largest absolute Gasteiger partial charge is 0.352 e. The van der Waals surface area contributed by atoms with E-state index >= 15 is 0 Å². The molecule has 0 aromatic rings. The van der Waals surface area contributed by atoms with Crippen molar-refractivity contribution in [3.05, 3.63) is 0 Å². The van der Waals surface area contributed by atoms with E-state index in [-0.39, 0.29) is 6.54 Å². The maximum atomic E-state index is 11.0. The molecule has 1 saturated carbocycles. The summed E-state index contributed by atoms with van der Waals surface area (Å²) in [5, 5.41) is 13.2. The Kier molecular flexibility index (Phi) is 2.37. The van der Waals surface area contributed by atoms with E-state index in [2.05, 4.69) is 10.6 Å². The molecule has 3 amide bonds. The number of rotatable bonds is 3. The van der Waals surface area contributed by atoms with Crippen molar-refractivity contribution in [1.29, 1.82) is 5.26 Å². The van der Waals surface area contributed by atoms with Crippen LogP contribution in [0, 0.1) is 11.3 Å². The van der Waals surface area contributed by atoms with Crippen LogP contribution in [0.2, 0.25) is 0 Å². The minimum atomic E-state index is -0.753. The van der Waals surface area contributed by atoms with Crippen LogP contribution in [0.25, 0.3) is 0 Å². The summed E-state index contributed by atoms with van der Waals surface area (Å²) in [5.74, 6) is -0.391. The van der Waals surface area contributed by atoms with Crippen LogP contribution in [0.3, 0.4) is 0 Å². The molecule has 0 aromatic carbocycles. The van der Waals surface area contributed by atoms with Gasteiger partial charge in [-0.15, -0.1) is 0 Å². The van der Waals surface area contributed by atoms with Crippen molar-refractivity contribution in [3.8, 4) is 6.07 Å². The van der Waals surface area contributed by atoms with Gasteiger partial charge in [-0.2, -0.15) is 5.26 Å². The molecule has 1 aliphatic rings. The van der Waals surface area contributed by atoms with Gasteiger partial charge in [-0.3, -0.25) is 4.79 Å². The molecule has 0 heterocycles. The summed E-state index contributed by atoms with van der Waals surface area (Å²) in [6.07, 6.45) is 1.34. The van der Waals surface area contributed by atoms with Gasteiger partial charge in [0.2, 0.25) is 5.91 Å². The fourth-order valence-electron chi connectivity index (χ4n) is 0.868. The molecular formula is C7H10N4O2. The highest BCUT2D eigenvalue weighted by Crippen LogP contribution is 2.33. The van der Waals surface area contributed by atoms with Gasteiger partial charge >= 0.3 is 6.03 Å². The predicted octanol–water partition coefficient (Wildman–Crippen LogP) is -1.17. The number of amides is 3. The lowest BCUT2D eigenvalue weighted by Gasteiger charge is -2.08. The van der Waals surface area contributed by atoms with Gasteiger partial charge in [0.1, 0.15) is 5.54 Å². The predicted molar refractivity (Wildman–Crippen MR) is 43.3 cm³/mol. The van der Waals surface area contributed by atoms with E-state index in [0.717, 1.165) is 0 Å². The monoisotopic (exact) mass is 182 g/mol. The van der Waals surface area contributed by atoms with E-state index in [9.17, 15) is 9.59 Å². The summed E-state index contributed by atoms with van der Waals surface area (Å²) in [7, 11) is 0. The molecule has 0 aromatic heterocycles. The first-order valence-electron chi connectivity index (χ1n) is 3.83. The van der Waals surface area contributed by atoms with Gasteiger partial charge in [-0.1, -0.05) is 0 Å². The summed E-state index contributed by atoms with van der Waals surface area (Å²) < 4.78 is 0. The van der Waals surface area contributed by atoms with Gasteiger partial charge in [0.15, 0.2) is 0 Å². The highest BCUT2D eigenvalue weighted by Gasteiger charge is 2.44. The Bertz CT molecular complexity index is 277. The van der Waals surface area contributed by atoms with Crippen LogP contribution in [0.5, 0.6) is 0 Å². The number of urea groups is 1. The van der Waals surface area contributed by atoms with Crippen LogP contribution in [-0.2, 0) is 4.79 Å². The first-order chi connectivity index (χ1) is 6.08. The lowest BCUT2D eigenvalue weighted by molar-refractivity contribution is -0.120. The quantitative estimate of drug-likeness (QED) is 0.511. The van der Waals surface area contributed by atoms with Crippen molar-refractivity contribution in [2.24, 2.45) is 5.73 Å². The molecule has 0 atom stereocenters. The zero-order valence-corrected chi connectivity index (χ0v) is 6.96. The van der Waals surface area contributed by atoms with E-state index in [1.54, 1.807) is 0 Å². The van der Waals surface area contributed by atoms with Gasteiger partial charge in [0.25, 0.3) is 0 Å². The molecule has 0 saturated heterocycles. The minimum absolute atomic E-state index is 0.182. The Morgan fingerprint density at radius 1 is 1.54 bits per heavy atom. The topological polar surface area (TPSA) is 108 Å². The number of nitrogens with one attached hydrogen (secondary N) is 2. The molecule has 70 valence electrons. The lowest BCUT2D eigenvalue weighted by atomic mass is 10.3. The number of nitrogens with two attached hydrogens (primary N) is 1. The summed E-state index contributed by atoms with van der Waals surface area (Å²) >= 11 is 0. The fourth-order valence-corrected chi connectivity index (χ4v) is 0.868.